The first kappa shape index (κ1) is 16.9. The van der Waals surface area contributed by atoms with Gasteiger partial charge >= 0.3 is 0 Å². The fraction of sp³-hybridized carbons (Fsp3) is 0.533. The van der Waals surface area contributed by atoms with Gasteiger partial charge in [-0.3, -0.25) is 4.79 Å². The van der Waals surface area contributed by atoms with Crippen molar-refractivity contribution < 1.29 is 4.79 Å². The van der Waals surface area contributed by atoms with Crippen molar-refractivity contribution in [3.8, 4) is 0 Å². The maximum Gasteiger partial charge on any atom is 0.223 e. The lowest BCUT2D eigenvalue weighted by Gasteiger charge is -2.19. The predicted molar refractivity (Wildman–Crippen MR) is 88.3 cm³/mol. The molecule has 21 heavy (non-hydrogen) atoms. The summed E-state index contributed by atoms with van der Waals surface area (Å²) in [6.45, 7) is 4.40. The highest BCUT2D eigenvalue weighted by Gasteiger charge is 2.18. The van der Waals surface area contributed by atoms with Crippen molar-refractivity contribution in [3.63, 3.8) is 0 Å². The Balaban J connectivity index is 1.86. The molecule has 1 saturated heterocycles. The minimum Gasteiger partial charge on any atom is -0.343 e. The van der Waals surface area contributed by atoms with E-state index in [2.05, 4.69) is 5.32 Å². The van der Waals surface area contributed by atoms with Crippen molar-refractivity contribution in [2.75, 3.05) is 19.6 Å². The Hall–Kier alpha value is -0.480. The van der Waals surface area contributed by atoms with Gasteiger partial charge in [-0.2, -0.15) is 0 Å². The van der Waals surface area contributed by atoms with Gasteiger partial charge in [0, 0.05) is 32.1 Å². The maximum absolute atomic E-state index is 12.0. The summed E-state index contributed by atoms with van der Waals surface area (Å²) >= 11 is 18.2. The lowest BCUT2D eigenvalue weighted by Crippen LogP contribution is -2.31. The summed E-state index contributed by atoms with van der Waals surface area (Å²) in [5.41, 5.74) is 0.889. The van der Waals surface area contributed by atoms with Crippen LogP contribution in [-0.4, -0.2) is 30.4 Å². The van der Waals surface area contributed by atoms with E-state index in [9.17, 15) is 4.79 Å². The van der Waals surface area contributed by atoms with E-state index >= 15 is 0 Å². The van der Waals surface area contributed by atoms with E-state index in [0.717, 1.165) is 31.5 Å². The number of nitrogens with one attached hydrogen (secondary N) is 1. The molecule has 1 aliphatic rings. The van der Waals surface area contributed by atoms with Gasteiger partial charge in [0.2, 0.25) is 5.91 Å². The first-order chi connectivity index (χ1) is 10.0. The summed E-state index contributed by atoms with van der Waals surface area (Å²) < 4.78 is 0. The molecule has 3 nitrogen and oxygen atoms in total. The van der Waals surface area contributed by atoms with Crippen LogP contribution in [0.5, 0.6) is 0 Å². The number of halogens is 3. The van der Waals surface area contributed by atoms with Crippen LogP contribution >= 0.6 is 34.8 Å². The zero-order valence-electron chi connectivity index (χ0n) is 12.0. The summed E-state index contributed by atoms with van der Waals surface area (Å²) in [5.74, 6) is 0.215. The third-order valence-corrected chi connectivity index (χ3v) is 5.09. The number of amides is 1. The van der Waals surface area contributed by atoms with Crippen LogP contribution < -0.4 is 5.32 Å². The number of carbonyl (C=O) groups excluding carboxylic acids is 1. The van der Waals surface area contributed by atoms with E-state index in [1.165, 1.54) is 0 Å². The molecule has 1 aliphatic heterocycles. The van der Waals surface area contributed by atoms with Crippen LogP contribution in [0, 0.1) is 0 Å². The second-order valence-corrected chi connectivity index (χ2v) is 6.44. The smallest absolute Gasteiger partial charge is 0.223 e. The van der Waals surface area contributed by atoms with Crippen molar-refractivity contribution in [1.29, 1.82) is 0 Å². The van der Waals surface area contributed by atoms with Crippen molar-refractivity contribution >= 4 is 40.7 Å². The summed E-state index contributed by atoms with van der Waals surface area (Å²) in [7, 11) is 0. The standard InChI is InChI=1S/C15H19Cl3N2O/c1-10(11-4-5-12(16)15(18)14(11)17)19-7-6-13(21)20-8-2-3-9-20/h4-5,10,19H,2-3,6-9H2,1H3. The molecule has 1 aromatic carbocycles. The molecule has 0 aliphatic carbocycles. The normalized spacial score (nSPS) is 16.3. The highest BCUT2D eigenvalue weighted by Crippen LogP contribution is 2.35. The van der Waals surface area contributed by atoms with Crippen molar-refractivity contribution in [2.24, 2.45) is 0 Å². The monoisotopic (exact) mass is 348 g/mol. The maximum atomic E-state index is 12.0. The lowest BCUT2D eigenvalue weighted by molar-refractivity contribution is -0.130. The Morgan fingerprint density at radius 2 is 1.90 bits per heavy atom. The average molecular weight is 350 g/mol. The largest absolute Gasteiger partial charge is 0.343 e. The summed E-state index contributed by atoms with van der Waals surface area (Å²) in [4.78, 5) is 13.9. The topological polar surface area (TPSA) is 32.3 Å². The van der Waals surface area contributed by atoms with Crippen LogP contribution in [0.4, 0.5) is 0 Å². The number of carbonyl (C=O) groups is 1. The number of hydrogen-bond donors (Lipinski definition) is 1. The molecule has 1 aromatic rings. The number of benzene rings is 1. The molecule has 0 saturated carbocycles. The minimum atomic E-state index is 0.0126. The quantitative estimate of drug-likeness (QED) is 0.803. The van der Waals surface area contributed by atoms with Gasteiger partial charge in [0.25, 0.3) is 0 Å². The van der Waals surface area contributed by atoms with Gasteiger partial charge in [-0.1, -0.05) is 40.9 Å². The molecule has 1 unspecified atom stereocenters. The average Bonchev–Trinajstić information content (AvgIpc) is 2.99. The van der Waals surface area contributed by atoms with Gasteiger partial charge in [0.05, 0.1) is 15.1 Å². The molecule has 1 heterocycles. The molecule has 0 aromatic heterocycles. The van der Waals surface area contributed by atoms with E-state index < -0.39 is 0 Å². The molecule has 1 atom stereocenters. The van der Waals surface area contributed by atoms with Gasteiger partial charge < -0.3 is 10.2 Å². The highest BCUT2D eigenvalue weighted by molar-refractivity contribution is 6.48. The van der Waals surface area contributed by atoms with Crippen molar-refractivity contribution in [2.45, 2.75) is 32.2 Å². The number of likely N-dealkylation sites (tertiary alicyclic amines) is 1. The van der Waals surface area contributed by atoms with Gasteiger partial charge in [-0.15, -0.1) is 0 Å². The molecule has 1 fully saturated rings. The predicted octanol–water partition coefficient (Wildman–Crippen LogP) is 4.31. The number of rotatable bonds is 5. The second kappa shape index (κ2) is 7.68. The lowest BCUT2D eigenvalue weighted by atomic mass is 10.1. The van der Waals surface area contributed by atoms with Gasteiger partial charge in [0.15, 0.2) is 0 Å². The van der Waals surface area contributed by atoms with E-state index in [1.54, 1.807) is 6.07 Å². The number of hydrogen-bond acceptors (Lipinski definition) is 2. The molecular formula is C15H19Cl3N2O. The molecule has 1 amide bonds. The van der Waals surface area contributed by atoms with Gasteiger partial charge in [-0.25, -0.2) is 0 Å². The van der Waals surface area contributed by atoms with Crippen LogP contribution in [0.1, 0.15) is 37.8 Å². The van der Waals surface area contributed by atoms with Crippen LogP contribution in [0.2, 0.25) is 15.1 Å². The Morgan fingerprint density at radius 1 is 1.24 bits per heavy atom. The van der Waals surface area contributed by atoms with Crippen LogP contribution in [0.3, 0.4) is 0 Å². The third kappa shape index (κ3) is 4.26. The Labute approximate surface area is 140 Å². The summed E-state index contributed by atoms with van der Waals surface area (Å²) in [6, 6.07) is 3.61. The van der Waals surface area contributed by atoms with E-state index in [-0.39, 0.29) is 11.9 Å². The highest BCUT2D eigenvalue weighted by atomic mass is 35.5. The first-order valence-electron chi connectivity index (χ1n) is 7.15. The molecule has 1 N–H and O–H groups in total. The van der Waals surface area contributed by atoms with Gasteiger partial charge in [-0.05, 0) is 31.4 Å². The number of nitrogens with zero attached hydrogens (tertiary/aromatic N) is 1. The molecule has 0 bridgehead atoms. The van der Waals surface area contributed by atoms with Crippen LogP contribution in [-0.2, 0) is 4.79 Å². The minimum absolute atomic E-state index is 0.0126. The fourth-order valence-corrected chi connectivity index (χ4v) is 3.21. The van der Waals surface area contributed by atoms with E-state index in [4.69, 9.17) is 34.8 Å². The van der Waals surface area contributed by atoms with Crippen LogP contribution in [0.15, 0.2) is 12.1 Å². The zero-order chi connectivity index (χ0) is 15.4. The van der Waals surface area contributed by atoms with E-state index in [0.29, 0.717) is 28.0 Å². The van der Waals surface area contributed by atoms with Crippen molar-refractivity contribution in [3.05, 3.63) is 32.8 Å². The zero-order valence-corrected chi connectivity index (χ0v) is 14.2. The molecular weight excluding hydrogens is 331 g/mol. The molecule has 6 heteroatoms. The second-order valence-electron chi connectivity index (χ2n) is 5.28. The fourth-order valence-electron chi connectivity index (χ4n) is 2.51. The molecule has 0 radical (unpaired) electrons. The first-order valence-corrected chi connectivity index (χ1v) is 8.28. The summed E-state index contributed by atoms with van der Waals surface area (Å²) in [6.07, 6.45) is 2.74. The third-order valence-electron chi connectivity index (χ3n) is 3.78. The molecule has 0 spiro atoms. The summed E-state index contributed by atoms with van der Waals surface area (Å²) in [5, 5.41) is 4.59. The Kier molecular flexibility index (Phi) is 6.18. The van der Waals surface area contributed by atoms with Crippen LogP contribution in [0.25, 0.3) is 0 Å². The van der Waals surface area contributed by atoms with Crippen molar-refractivity contribution in [1.82, 2.24) is 10.2 Å². The Morgan fingerprint density at radius 3 is 2.57 bits per heavy atom. The molecule has 2 rings (SSSR count). The Bertz CT molecular complexity index is 516. The van der Waals surface area contributed by atoms with Gasteiger partial charge in [0.1, 0.15) is 0 Å². The van der Waals surface area contributed by atoms with E-state index in [1.807, 2.05) is 17.9 Å². The SMILES string of the molecule is CC(NCCC(=O)N1CCCC1)c1ccc(Cl)c(Cl)c1Cl. The molecule has 116 valence electrons.